The van der Waals surface area contributed by atoms with E-state index in [0.29, 0.717) is 5.92 Å². The molecule has 2 aliphatic carbocycles. The van der Waals surface area contributed by atoms with Gasteiger partial charge >= 0.3 is 0 Å². The summed E-state index contributed by atoms with van der Waals surface area (Å²) in [5.74, 6) is 0.438. The SMILES string of the molecule is CC(=O)N1[C@@H]2C[C@H]3CC[C@]2(CS1(=O)=O)C3(C)C. The Balaban J connectivity index is 2.15. The number of hydrogen-bond acceptors (Lipinski definition) is 3. The number of carbonyl (C=O) groups is 1. The number of amides is 1. The fourth-order valence-corrected chi connectivity index (χ4v) is 7.27. The van der Waals surface area contributed by atoms with Crippen molar-refractivity contribution in [1.82, 2.24) is 4.31 Å². The predicted octanol–water partition coefficient (Wildman–Crippen LogP) is 1.37. The van der Waals surface area contributed by atoms with Crippen molar-refractivity contribution in [2.75, 3.05) is 5.75 Å². The van der Waals surface area contributed by atoms with Crippen LogP contribution in [0.15, 0.2) is 0 Å². The lowest BCUT2D eigenvalue weighted by molar-refractivity contribution is -0.126. The van der Waals surface area contributed by atoms with Gasteiger partial charge in [-0.1, -0.05) is 13.8 Å². The molecule has 1 amide bonds. The van der Waals surface area contributed by atoms with Crippen molar-refractivity contribution in [3.63, 3.8) is 0 Å². The monoisotopic (exact) mass is 257 g/mol. The quantitative estimate of drug-likeness (QED) is 0.658. The van der Waals surface area contributed by atoms with Crippen LogP contribution in [0.2, 0.25) is 0 Å². The first-order valence-electron chi connectivity index (χ1n) is 6.25. The van der Waals surface area contributed by atoms with Gasteiger partial charge in [-0.3, -0.25) is 4.79 Å². The molecule has 1 heterocycles. The van der Waals surface area contributed by atoms with E-state index in [2.05, 4.69) is 13.8 Å². The predicted molar refractivity (Wildman–Crippen MR) is 63.6 cm³/mol. The number of sulfonamides is 1. The lowest BCUT2D eigenvalue weighted by Gasteiger charge is -2.36. The number of fused-ring (bicyclic) bond motifs is 1. The Hall–Kier alpha value is -0.580. The molecule has 3 fully saturated rings. The zero-order valence-corrected chi connectivity index (χ0v) is 11.4. The van der Waals surface area contributed by atoms with Crippen LogP contribution in [0.4, 0.5) is 0 Å². The molecule has 2 saturated carbocycles. The molecule has 5 heteroatoms. The molecule has 1 saturated heterocycles. The van der Waals surface area contributed by atoms with Crippen LogP contribution in [0.1, 0.15) is 40.0 Å². The van der Waals surface area contributed by atoms with Crippen LogP contribution in [0.25, 0.3) is 0 Å². The summed E-state index contributed by atoms with van der Waals surface area (Å²) in [5, 5.41) is 0. The highest BCUT2D eigenvalue weighted by Gasteiger charge is 2.71. The summed E-state index contributed by atoms with van der Waals surface area (Å²) < 4.78 is 25.6. The second-order valence-corrected chi connectivity index (χ2v) is 8.28. The molecule has 96 valence electrons. The van der Waals surface area contributed by atoms with E-state index in [4.69, 9.17) is 0 Å². The normalized spacial score (nSPS) is 45.0. The molecule has 3 atom stereocenters. The van der Waals surface area contributed by atoms with Gasteiger partial charge in [-0.15, -0.1) is 0 Å². The smallest absolute Gasteiger partial charge is 0.238 e. The molecule has 4 nitrogen and oxygen atoms in total. The summed E-state index contributed by atoms with van der Waals surface area (Å²) in [4.78, 5) is 11.6. The van der Waals surface area contributed by atoms with Crippen LogP contribution in [0.3, 0.4) is 0 Å². The number of rotatable bonds is 0. The average molecular weight is 257 g/mol. The van der Waals surface area contributed by atoms with E-state index in [-0.39, 0.29) is 28.5 Å². The maximum absolute atomic E-state index is 12.2. The Labute approximate surface area is 102 Å². The molecule has 3 aliphatic rings. The summed E-state index contributed by atoms with van der Waals surface area (Å²) in [6.45, 7) is 5.74. The molecule has 0 aromatic carbocycles. The van der Waals surface area contributed by atoms with Gasteiger partial charge < -0.3 is 0 Å². The van der Waals surface area contributed by atoms with Crippen molar-refractivity contribution in [1.29, 1.82) is 0 Å². The van der Waals surface area contributed by atoms with E-state index < -0.39 is 10.0 Å². The molecule has 0 aromatic heterocycles. The molecule has 0 aromatic rings. The van der Waals surface area contributed by atoms with Crippen molar-refractivity contribution < 1.29 is 13.2 Å². The summed E-state index contributed by atoms with van der Waals surface area (Å²) >= 11 is 0. The topological polar surface area (TPSA) is 54.5 Å². The number of hydrogen-bond donors (Lipinski definition) is 0. The Morgan fingerprint density at radius 1 is 1.35 bits per heavy atom. The fraction of sp³-hybridized carbons (Fsp3) is 0.917. The van der Waals surface area contributed by atoms with Crippen molar-refractivity contribution in [3.05, 3.63) is 0 Å². The molecule has 1 aliphatic heterocycles. The first kappa shape index (κ1) is 11.5. The van der Waals surface area contributed by atoms with E-state index in [1.54, 1.807) is 0 Å². The van der Waals surface area contributed by atoms with Gasteiger partial charge in [0.05, 0.1) is 11.8 Å². The fourth-order valence-electron chi connectivity index (χ4n) is 4.70. The Morgan fingerprint density at radius 3 is 2.53 bits per heavy atom. The van der Waals surface area contributed by atoms with E-state index in [1.165, 1.54) is 11.2 Å². The van der Waals surface area contributed by atoms with E-state index in [0.717, 1.165) is 19.3 Å². The van der Waals surface area contributed by atoms with Crippen molar-refractivity contribution in [2.45, 2.75) is 46.1 Å². The molecule has 0 N–H and O–H groups in total. The van der Waals surface area contributed by atoms with E-state index in [9.17, 15) is 13.2 Å². The third-order valence-corrected chi connectivity index (χ3v) is 7.71. The standard InChI is InChI=1S/C12H19NO3S/c1-8(14)13-10-6-9-4-5-12(10,11(9,2)3)7-17(13,15)16/h9-10H,4-7H2,1-3H3/t9-,10-,12-/m1/s1. The van der Waals surface area contributed by atoms with E-state index >= 15 is 0 Å². The van der Waals surface area contributed by atoms with Gasteiger partial charge in [-0.05, 0) is 30.6 Å². The Morgan fingerprint density at radius 2 is 2.00 bits per heavy atom. The zero-order valence-electron chi connectivity index (χ0n) is 10.6. The molecular formula is C12H19NO3S. The highest BCUT2D eigenvalue weighted by Crippen LogP contribution is 2.69. The summed E-state index contributed by atoms with van der Waals surface area (Å²) in [6, 6.07) is -0.0706. The molecule has 0 radical (unpaired) electrons. The van der Waals surface area contributed by atoms with Gasteiger partial charge in [0.25, 0.3) is 0 Å². The summed E-state index contributed by atoms with van der Waals surface area (Å²) in [6.07, 6.45) is 2.94. The van der Waals surface area contributed by atoms with Crippen LogP contribution in [-0.2, 0) is 14.8 Å². The molecule has 2 bridgehead atoms. The maximum Gasteiger partial charge on any atom is 0.238 e. The minimum atomic E-state index is -3.38. The largest absolute Gasteiger partial charge is 0.274 e. The van der Waals surface area contributed by atoms with Crippen LogP contribution < -0.4 is 0 Å². The lowest BCUT2D eigenvalue weighted by atomic mass is 9.69. The van der Waals surface area contributed by atoms with Crippen LogP contribution >= 0.6 is 0 Å². The van der Waals surface area contributed by atoms with Gasteiger partial charge in [-0.2, -0.15) is 0 Å². The molecule has 1 spiro atoms. The highest BCUT2D eigenvalue weighted by molar-refractivity contribution is 7.90. The van der Waals surface area contributed by atoms with Crippen molar-refractivity contribution >= 4 is 15.9 Å². The highest BCUT2D eigenvalue weighted by atomic mass is 32.2. The Kier molecular flexibility index (Phi) is 1.94. The summed E-state index contributed by atoms with van der Waals surface area (Å²) in [7, 11) is -3.38. The lowest BCUT2D eigenvalue weighted by Crippen LogP contribution is -2.43. The van der Waals surface area contributed by atoms with Crippen LogP contribution in [0.5, 0.6) is 0 Å². The van der Waals surface area contributed by atoms with Gasteiger partial charge in [0.1, 0.15) is 0 Å². The van der Waals surface area contributed by atoms with Gasteiger partial charge in [0, 0.05) is 12.3 Å². The number of carbonyl (C=O) groups excluding carboxylic acids is 1. The van der Waals surface area contributed by atoms with E-state index in [1.807, 2.05) is 0 Å². The third kappa shape index (κ3) is 1.09. The molecule has 0 unspecified atom stereocenters. The Bertz CT molecular complexity index is 496. The van der Waals surface area contributed by atoms with Crippen molar-refractivity contribution in [2.24, 2.45) is 16.7 Å². The van der Waals surface area contributed by atoms with Crippen molar-refractivity contribution in [3.8, 4) is 0 Å². The second kappa shape index (κ2) is 2.87. The van der Waals surface area contributed by atoms with Gasteiger partial charge in [0.15, 0.2) is 0 Å². The average Bonchev–Trinajstić information content (AvgIpc) is 2.62. The van der Waals surface area contributed by atoms with Gasteiger partial charge in [-0.25, -0.2) is 12.7 Å². The second-order valence-electron chi connectivity index (χ2n) is 6.44. The zero-order chi connectivity index (χ0) is 12.6. The van der Waals surface area contributed by atoms with Crippen LogP contribution in [0, 0.1) is 16.7 Å². The maximum atomic E-state index is 12.2. The first-order chi connectivity index (χ1) is 7.72. The minimum absolute atomic E-state index is 0.0505. The summed E-state index contributed by atoms with van der Waals surface area (Å²) in [5.41, 5.74) is -0.128. The minimum Gasteiger partial charge on any atom is -0.274 e. The van der Waals surface area contributed by atoms with Crippen LogP contribution in [-0.4, -0.2) is 30.4 Å². The molecular weight excluding hydrogens is 238 g/mol. The molecule has 17 heavy (non-hydrogen) atoms. The number of nitrogens with zero attached hydrogens (tertiary/aromatic N) is 1. The molecule has 3 rings (SSSR count). The third-order valence-electron chi connectivity index (χ3n) is 5.72. The van der Waals surface area contributed by atoms with Gasteiger partial charge in [0.2, 0.25) is 15.9 Å². The first-order valence-corrected chi connectivity index (χ1v) is 7.86.